The lowest BCUT2D eigenvalue weighted by molar-refractivity contribution is 0.252. The van der Waals surface area contributed by atoms with Crippen molar-refractivity contribution in [1.82, 2.24) is 5.32 Å². The minimum absolute atomic E-state index is 0.440. The SMILES string of the molecule is c1ccc(CCCNC2CCOc3ccccc32)cc1. The Morgan fingerprint density at radius 1 is 1.00 bits per heavy atom. The van der Waals surface area contributed by atoms with Crippen LogP contribution in [-0.2, 0) is 6.42 Å². The lowest BCUT2D eigenvalue weighted by Gasteiger charge is -2.26. The molecule has 1 N–H and O–H groups in total. The quantitative estimate of drug-likeness (QED) is 0.833. The van der Waals surface area contributed by atoms with Gasteiger partial charge < -0.3 is 10.1 Å². The van der Waals surface area contributed by atoms with Gasteiger partial charge in [0.05, 0.1) is 6.61 Å². The smallest absolute Gasteiger partial charge is 0.124 e. The topological polar surface area (TPSA) is 21.3 Å². The average molecular weight is 267 g/mol. The molecule has 0 saturated carbocycles. The second kappa shape index (κ2) is 6.58. The first-order valence-corrected chi connectivity index (χ1v) is 7.42. The molecule has 2 nitrogen and oxygen atoms in total. The van der Waals surface area contributed by atoms with E-state index in [2.05, 4.69) is 53.8 Å². The Kier molecular flexibility index (Phi) is 4.34. The molecule has 0 radical (unpaired) electrons. The molecule has 2 heteroatoms. The van der Waals surface area contributed by atoms with Crippen molar-refractivity contribution in [3.63, 3.8) is 0 Å². The van der Waals surface area contributed by atoms with Crippen LogP contribution in [0, 0.1) is 0 Å². The fraction of sp³-hybridized carbons (Fsp3) is 0.333. The molecule has 0 aliphatic carbocycles. The zero-order chi connectivity index (χ0) is 13.6. The van der Waals surface area contributed by atoms with Gasteiger partial charge >= 0.3 is 0 Å². The summed E-state index contributed by atoms with van der Waals surface area (Å²) in [6.45, 7) is 1.86. The standard InChI is InChI=1S/C18H21NO/c1-2-7-15(8-3-1)9-6-13-19-17-12-14-20-18-11-5-4-10-16(17)18/h1-5,7-8,10-11,17,19H,6,9,12-14H2. The third-order valence-corrected chi connectivity index (χ3v) is 3.83. The molecule has 1 aliphatic heterocycles. The van der Waals surface area contributed by atoms with Crippen molar-refractivity contribution in [3.05, 3.63) is 65.7 Å². The molecule has 0 bridgehead atoms. The summed E-state index contributed by atoms with van der Waals surface area (Å²) in [7, 11) is 0. The van der Waals surface area contributed by atoms with Crippen LogP contribution in [0.1, 0.15) is 30.0 Å². The van der Waals surface area contributed by atoms with Gasteiger partial charge in [0.15, 0.2) is 0 Å². The van der Waals surface area contributed by atoms with E-state index in [1.807, 2.05) is 6.07 Å². The Hall–Kier alpha value is -1.80. The lowest BCUT2D eigenvalue weighted by atomic mass is 10.0. The van der Waals surface area contributed by atoms with E-state index in [1.165, 1.54) is 17.5 Å². The van der Waals surface area contributed by atoms with Gasteiger partial charge in [0.2, 0.25) is 0 Å². The summed E-state index contributed by atoms with van der Waals surface area (Å²) < 4.78 is 5.69. The molecule has 104 valence electrons. The number of hydrogen-bond donors (Lipinski definition) is 1. The van der Waals surface area contributed by atoms with Gasteiger partial charge in [0.1, 0.15) is 5.75 Å². The van der Waals surface area contributed by atoms with E-state index in [0.29, 0.717) is 6.04 Å². The molecule has 0 fully saturated rings. The Balaban J connectivity index is 1.50. The third-order valence-electron chi connectivity index (χ3n) is 3.83. The highest BCUT2D eigenvalue weighted by atomic mass is 16.5. The summed E-state index contributed by atoms with van der Waals surface area (Å²) in [5.41, 5.74) is 2.72. The summed E-state index contributed by atoms with van der Waals surface area (Å²) in [4.78, 5) is 0. The van der Waals surface area contributed by atoms with Crippen LogP contribution in [0.3, 0.4) is 0 Å². The van der Waals surface area contributed by atoms with Crippen LogP contribution in [0.4, 0.5) is 0 Å². The van der Waals surface area contributed by atoms with Crippen molar-refractivity contribution in [2.24, 2.45) is 0 Å². The monoisotopic (exact) mass is 267 g/mol. The predicted octanol–water partition coefficient (Wildman–Crippen LogP) is 3.73. The van der Waals surface area contributed by atoms with Gasteiger partial charge in [-0.05, 0) is 31.0 Å². The highest BCUT2D eigenvalue weighted by Gasteiger charge is 2.19. The van der Waals surface area contributed by atoms with Crippen molar-refractivity contribution >= 4 is 0 Å². The largest absolute Gasteiger partial charge is 0.493 e. The number of ether oxygens (including phenoxy) is 1. The number of rotatable bonds is 5. The van der Waals surface area contributed by atoms with Gasteiger partial charge in [-0.25, -0.2) is 0 Å². The van der Waals surface area contributed by atoms with Crippen LogP contribution in [0.5, 0.6) is 5.75 Å². The zero-order valence-corrected chi connectivity index (χ0v) is 11.7. The van der Waals surface area contributed by atoms with Gasteiger partial charge in [0.25, 0.3) is 0 Å². The first-order valence-electron chi connectivity index (χ1n) is 7.42. The fourth-order valence-electron chi connectivity index (χ4n) is 2.77. The number of benzene rings is 2. The molecule has 1 unspecified atom stereocenters. The van der Waals surface area contributed by atoms with E-state index in [0.717, 1.165) is 31.7 Å². The second-order valence-corrected chi connectivity index (χ2v) is 5.27. The van der Waals surface area contributed by atoms with Crippen molar-refractivity contribution in [2.75, 3.05) is 13.2 Å². The molecule has 3 rings (SSSR count). The molecule has 1 atom stereocenters. The van der Waals surface area contributed by atoms with Crippen LogP contribution in [-0.4, -0.2) is 13.2 Å². The molecule has 0 aromatic heterocycles. The minimum atomic E-state index is 0.440. The average Bonchev–Trinajstić information content (AvgIpc) is 2.53. The summed E-state index contributed by atoms with van der Waals surface area (Å²) in [6, 6.07) is 19.5. The Bertz CT molecular complexity index is 538. The van der Waals surface area contributed by atoms with Crippen molar-refractivity contribution in [2.45, 2.75) is 25.3 Å². The van der Waals surface area contributed by atoms with Gasteiger partial charge in [-0.1, -0.05) is 48.5 Å². The molecule has 0 saturated heterocycles. The Morgan fingerprint density at radius 2 is 1.80 bits per heavy atom. The molecule has 2 aromatic carbocycles. The summed E-state index contributed by atoms with van der Waals surface area (Å²) in [5, 5.41) is 3.67. The second-order valence-electron chi connectivity index (χ2n) is 5.27. The van der Waals surface area contributed by atoms with Crippen LogP contribution >= 0.6 is 0 Å². The number of hydrogen-bond acceptors (Lipinski definition) is 2. The predicted molar refractivity (Wildman–Crippen MR) is 82.1 cm³/mol. The van der Waals surface area contributed by atoms with Gasteiger partial charge in [-0.2, -0.15) is 0 Å². The highest BCUT2D eigenvalue weighted by molar-refractivity contribution is 5.37. The molecule has 1 heterocycles. The van der Waals surface area contributed by atoms with E-state index in [1.54, 1.807) is 0 Å². The fourth-order valence-corrected chi connectivity index (χ4v) is 2.77. The summed E-state index contributed by atoms with van der Waals surface area (Å²) in [5.74, 6) is 1.04. The van der Waals surface area contributed by atoms with E-state index >= 15 is 0 Å². The van der Waals surface area contributed by atoms with Crippen LogP contribution in [0.2, 0.25) is 0 Å². The number of aryl methyl sites for hydroxylation is 1. The van der Waals surface area contributed by atoms with E-state index < -0.39 is 0 Å². The maximum atomic E-state index is 5.69. The molecular weight excluding hydrogens is 246 g/mol. The maximum Gasteiger partial charge on any atom is 0.124 e. The number of fused-ring (bicyclic) bond motifs is 1. The number of nitrogens with one attached hydrogen (secondary N) is 1. The van der Waals surface area contributed by atoms with Crippen molar-refractivity contribution in [1.29, 1.82) is 0 Å². The van der Waals surface area contributed by atoms with Gasteiger partial charge in [-0.3, -0.25) is 0 Å². The van der Waals surface area contributed by atoms with Crippen LogP contribution in [0.15, 0.2) is 54.6 Å². The maximum absolute atomic E-state index is 5.69. The minimum Gasteiger partial charge on any atom is -0.493 e. The summed E-state index contributed by atoms with van der Waals surface area (Å²) >= 11 is 0. The van der Waals surface area contributed by atoms with E-state index in [-0.39, 0.29) is 0 Å². The molecule has 1 aliphatic rings. The van der Waals surface area contributed by atoms with E-state index in [4.69, 9.17) is 4.74 Å². The van der Waals surface area contributed by atoms with Crippen LogP contribution in [0.25, 0.3) is 0 Å². The molecule has 20 heavy (non-hydrogen) atoms. The Labute approximate surface area is 120 Å². The van der Waals surface area contributed by atoms with Gasteiger partial charge in [0, 0.05) is 18.0 Å². The third kappa shape index (κ3) is 3.20. The molecule has 0 amide bonds. The normalized spacial score (nSPS) is 17.3. The first-order chi connectivity index (χ1) is 9.93. The molecular formula is C18H21NO. The van der Waals surface area contributed by atoms with Gasteiger partial charge in [-0.15, -0.1) is 0 Å². The van der Waals surface area contributed by atoms with Crippen molar-refractivity contribution in [3.8, 4) is 5.75 Å². The molecule has 0 spiro atoms. The summed E-state index contributed by atoms with van der Waals surface area (Å²) in [6.07, 6.45) is 3.37. The van der Waals surface area contributed by atoms with E-state index in [9.17, 15) is 0 Å². The first kappa shape index (κ1) is 13.2. The lowest BCUT2D eigenvalue weighted by Crippen LogP contribution is -2.28. The van der Waals surface area contributed by atoms with Crippen LogP contribution < -0.4 is 10.1 Å². The zero-order valence-electron chi connectivity index (χ0n) is 11.7. The number of para-hydroxylation sites is 1. The molecule has 2 aromatic rings. The van der Waals surface area contributed by atoms with Crippen molar-refractivity contribution < 1.29 is 4.74 Å². The Morgan fingerprint density at radius 3 is 2.70 bits per heavy atom. The highest BCUT2D eigenvalue weighted by Crippen LogP contribution is 2.31.